The molecular weight excluding hydrogens is 366 g/mol. The normalized spacial score (nSPS) is 18.6. The molecule has 6 nitrogen and oxygen atoms in total. The summed E-state index contributed by atoms with van der Waals surface area (Å²) in [5.74, 6) is 0.862. The SMILES string of the molecule is Cc1cc(OC2CCN(S(=O)(=O)c3ccc(C(C)(C)C)cc3)C2)cc(=O)o1. The van der Waals surface area contributed by atoms with Gasteiger partial charge in [0.15, 0.2) is 0 Å². The van der Waals surface area contributed by atoms with Gasteiger partial charge in [-0.1, -0.05) is 32.9 Å². The number of nitrogens with zero attached hydrogens (tertiary/aromatic N) is 1. The van der Waals surface area contributed by atoms with Crippen molar-refractivity contribution in [3.8, 4) is 5.75 Å². The molecule has 0 aliphatic carbocycles. The second-order valence-electron chi connectivity index (χ2n) is 7.89. The average Bonchev–Trinajstić information content (AvgIpc) is 3.02. The van der Waals surface area contributed by atoms with Crippen LogP contribution in [-0.2, 0) is 15.4 Å². The Balaban J connectivity index is 1.72. The molecule has 1 aliphatic rings. The van der Waals surface area contributed by atoms with Gasteiger partial charge in [0.25, 0.3) is 0 Å². The lowest BCUT2D eigenvalue weighted by Gasteiger charge is -2.21. The minimum absolute atomic E-state index is 0.0324. The molecule has 7 heteroatoms. The van der Waals surface area contributed by atoms with Gasteiger partial charge in [-0.15, -0.1) is 0 Å². The molecule has 1 fully saturated rings. The summed E-state index contributed by atoms with van der Waals surface area (Å²) in [6, 6.07) is 9.96. The van der Waals surface area contributed by atoms with Crippen LogP contribution in [0.25, 0.3) is 0 Å². The van der Waals surface area contributed by atoms with E-state index in [9.17, 15) is 13.2 Å². The third kappa shape index (κ3) is 4.42. The zero-order valence-electron chi connectivity index (χ0n) is 16.1. The Morgan fingerprint density at radius 2 is 1.81 bits per heavy atom. The monoisotopic (exact) mass is 391 g/mol. The number of rotatable bonds is 4. The van der Waals surface area contributed by atoms with Crippen molar-refractivity contribution in [2.75, 3.05) is 13.1 Å². The van der Waals surface area contributed by atoms with Gasteiger partial charge in [-0.2, -0.15) is 4.31 Å². The van der Waals surface area contributed by atoms with Gasteiger partial charge in [0.2, 0.25) is 10.0 Å². The summed E-state index contributed by atoms with van der Waals surface area (Å²) in [6.07, 6.45) is 0.272. The lowest BCUT2D eigenvalue weighted by Crippen LogP contribution is -2.31. The van der Waals surface area contributed by atoms with Crippen molar-refractivity contribution >= 4 is 10.0 Å². The molecule has 27 heavy (non-hydrogen) atoms. The van der Waals surface area contributed by atoms with E-state index in [4.69, 9.17) is 9.15 Å². The molecule has 1 saturated heterocycles. The van der Waals surface area contributed by atoms with E-state index in [2.05, 4.69) is 20.8 Å². The first-order valence-corrected chi connectivity index (χ1v) is 10.4. The molecule has 1 unspecified atom stereocenters. The van der Waals surface area contributed by atoms with E-state index >= 15 is 0 Å². The zero-order valence-corrected chi connectivity index (χ0v) is 16.9. The minimum Gasteiger partial charge on any atom is -0.489 e. The van der Waals surface area contributed by atoms with Crippen molar-refractivity contribution in [1.29, 1.82) is 0 Å². The lowest BCUT2D eigenvalue weighted by atomic mass is 9.87. The molecule has 1 aromatic heterocycles. The van der Waals surface area contributed by atoms with E-state index in [-0.39, 0.29) is 23.0 Å². The van der Waals surface area contributed by atoms with E-state index in [1.54, 1.807) is 25.1 Å². The van der Waals surface area contributed by atoms with Crippen molar-refractivity contribution in [1.82, 2.24) is 4.31 Å². The highest BCUT2D eigenvalue weighted by molar-refractivity contribution is 7.89. The van der Waals surface area contributed by atoms with Crippen molar-refractivity contribution in [2.24, 2.45) is 0 Å². The van der Waals surface area contributed by atoms with Crippen LogP contribution in [-0.4, -0.2) is 31.9 Å². The van der Waals surface area contributed by atoms with Crippen LogP contribution in [0.2, 0.25) is 0 Å². The molecule has 146 valence electrons. The number of hydrogen-bond donors (Lipinski definition) is 0. The molecule has 2 aromatic rings. The second-order valence-corrected chi connectivity index (χ2v) is 9.83. The molecule has 0 amide bonds. The highest BCUT2D eigenvalue weighted by Gasteiger charge is 2.34. The van der Waals surface area contributed by atoms with Crippen LogP contribution in [0, 0.1) is 6.92 Å². The molecule has 0 bridgehead atoms. The third-order valence-electron chi connectivity index (χ3n) is 4.64. The predicted molar refractivity (Wildman–Crippen MR) is 103 cm³/mol. The number of sulfonamides is 1. The van der Waals surface area contributed by atoms with Crippen LogP contribution < -0.4 is 10.4 Å². The standard InChI is InChI=1S/C20H25NO5S/c1-14-11-17(12-19(22)25-14)26-16-9-10-21(13-16)27(23,24)18-7-5-15(6-8-18)20(2,3)4/h5-8,11-12,16H,9-10,13H2,1-4H3. The first-order chi connectivity index (χ1) is 12.6. The highest BCUT2D eigenvalue weighted by Crippen LogP contribution is 2.27. The fourth-order valence-electron chi connectivity index (χ4n) is 3.12. The zero-order chi connectivity index (χ0) is 19.8. The van der Waals surface area contributed by atoms with Crippen molar-refractivity contribution < 1.29 is 17.6 Å². The van der Waals surface area contributed by atoms with Crippen LogP contribution in [0.4, 0.5) is 0 Å². The van der Waals surface area contributed by atoms with Gasteiger partial charge in [0.05, 0.1) is 17.5 Å². The summed E-state index contributed by atoms with van der Waals surface area (Å²) in [5.41, 5.74) is 0.573. The first-order valence-electron chi connectivity index (χ1n) is 8.95. The molecule has 2 heterocycles. The molecule has 0 spiro atoms. The fraction of sp³-hybridized carbons (Fsp3) is 0.450. The molecule has 1 aliphatic heterocycles. The Kier molecular flexibility index (Phi) is 5.18. The van der Waals surface area contributed by atoms with Crippen molar-refractivity contribution in [2.45, 2.75) is 50.5 Å². The van der Waals surface area contributed by atoms with Gasteiger partial charge in [-0.25, -0.2) is 13.2 Å². The maximum atomic E-state index is 12.9. The number of aryl methyl sites for hydroxylation is 1. The Morgan fingerprint density at radius 3 is 2.41 bits per heavy atom. The molecule has 0 radical (unpaired) electrons. The first kappa shape index (κ1) is 19.6. The second kappa shape index (κ2) is 7.13. The molecular formula is C20H25NO5S. The molecule has 0 saturated carbocycles. The van der Waals surface area contributed by atoms with Crippen LogP contribution in [0.3, 0.4) is 0 Å². The number of benzene rings is 1. The summed E-state index contributed by atoms with van der Waals surface area (Å²) >= 11 is 0. The van der Waals surface area contributed by atoms with Crippen LogP contribution in [0.1, 0.15) is 38.5 Å². The van der Waals surface area contributed by atoms with E-state index in [1.807, 2.05) is 12.1 Å². The third-order valence-corrected chi connectivity index (χ3v) is 6.52. The van der Waals surface area contributed by atoms with Crippen LogP contribution in [0.15, 0.2) is 50.5 Å². The summed E-state index contributed by atoms with van der Waals surface area (Å²) in [6.45, 7) is 8.57. The van der Waals surface area contributed by atoms with Gasteiger partial charge < -0.3 is 9.15 Å². The van der Waals surface area contributed by atoms with Gasteiger partial charge >= 0.3 is 5.63 Å². The Hall–Kier alpha value is -2.12. The van der Waals surface area contributed by atoms with E-state index in [0.717, 1.165) is 5.56 Å². The van der Waals surface area contributed by atoms with Gasteiger partial charge in [0, 0.05) is 12.6 Å². The van der Waals surface area contributed by atoms with Crippen molar-refractivity contribution in [3.05, 3.63) is 58.1 Å². The maximum absolute atomic E-state index is 12.9. The fourth-order valence-corrected chi connectivity index (χ4v) is 4.61. The van der Waals surface area contributed by atoms with Crippen LogP contribution in [0.5, 0.6) is 5.75 Å². The Labute approximate surface area is 159 Å². The van der Waals surface area contributed by atoms with E-state index in [1.165, 1.54) is 10.4 Å². The van der Waals surface area contributed by atoms with Gasteiger partial charge in [-0.3, -0.25) is 0 Å². The van der Waals surface area contributed by atoms with Crippen molar-refractivity contribution in [3.63, 3.8) is 0 Å². The van der Waals surface area contributed by atoms with Gasteiger partial charge in [0.1, 0.15) is 17.6 Å². The minimum atomic E-state index is -3.57. The molecule has 0 N–H and O–H groups in total. The van der Waals surface area contributed by atoms with E-state index < -0.39 is 15.6 Å². The largest absolute Gasteiger partial charge is 0.489 e. The maximum Gasteiger partial charge on any atom is 0.339 e. The number of hydrogen-bond acceptors (Lipinski definition) is 5. The Morgan fingerprint density at radius 1 is 1.15 bits per heavy atom. The summed E-state index contributed by atoms with van der Waals surface area (Å²) in [4.78, 5) is 11.7. The lowest BCUT2D eigenvalue weighted by molar-refractivity contribution is 0.213. The van der Waals surface area contributed by atoms with Gasteiger partial charge in [-0.05, 0) is 36.5 Å². The number of ether oxygens (including phenoxy) is 1. The Bertz CT molecular complexity index is 971. The topological polar surface area (TPSA) is 76.8 Å². The van der Waals surface area contributed by atoms with E-state index in [0.29, 0.717) is 24.5 Å². The summed E-state index contributed by atoms with van der Waals surface area (Å²) in [5, 5.41) is 0. The summed E-state index contributed by atoms with van der Waals surface area (Å²) in [7, 11) is -3.57. The average molecular weight is 391 g/mol. The molecule has 1 atom stereocenters. The molecule has 1 aromatic carbocycles. The quantitative estimate of drug-likeness (QED) is 0.800. The summed E-state index contributed by atoms with van der Waals surface area (Å²) < 4.78 is 37.9. The van der Waals surface area contributed by atoms with Crippen LogP contribution >= 0.6 is 0 Å². The highest BCUT2D eigenvalue weighted by atomic mass is 32.2. The smallest absolute Gasteiger partial charge is 0.339 e. The predicted octanol–water partition coefficient (Wildman–Crippen LogP) is 3.09. The molecule has 3 rings (SSSR count).